The van der Waals surface area contributed by atoms with E-state index in [-0.39, 0.29) is 0 Å². The van der Waals surface area contributed by atoms with Gasteiger partial charge in [-0.1, -0.05) is 0 Å². The van der Waals surface area contributed by atoms with Gasteiger partial charge in [-0.15, -0.1) is 0 Å². The fraction of sp³-hybridized carbons (Fsp3) is 0.615. The fourth-order valence-corrected chi connectivity index (χ4v) is 2.37. The highest BCUT2D eigenvalue weighted by Crippen LogP contribution is 2.12. The summed E-state index contributed by atoms with van der Waals surface area (Å²) in [7, 11) is 2.12. The third-order valence-corrected chi connectivity index (χ3v) is 3.71. The maximum Gasteiger partial charge on any atom is 0.352 e. The van der Waals surface area contributed by atoms with Crippen LogP contribution in [0.1, 0.15) is 37.2 Å². The summed E-state index contributed by atoms with van der Waals surface area (Å²) in [4.78, 5) is 13.3. The number of carboxylic acid groups (broad SMARTS) is 1. The standard InChI is InChI=1S/C13H21IN2O2/c1-10(2)15(3)6-4-5-7-16-9-11(14)8-12(16)13(17)18/h8-10H,4-7H2,1-3H3,(H,17,18). The van der Waals surface area contributed by atoms with Crippen LogP contribution in [0, 0.1) is 3.57 Å². The van der Waals surface area contributed by atoms with Gasteiger partial charge in [0.1, 0.15) is 5.69 Å². The molecule has 1 heterocycles. The van der Waals surface area contributed by atoms with E-state index in [2.05, 4.69) is 48.4 Å². The van der Waals surface area contributed by atoms with Crippen molar-refractivity contribution in [2.45, 2.75) is 39.3 Å². The number of hydrogen-bond donors (Lipinski definition) is 1. The number of rotatable bonds is 7. The second kappa shape index (κ2) is 7.13. The van der Waals surface area contributed by atoms with Crippen molar-refractivity contribution in [3.63, 3.8) is 0 Å². The van der Waals surface area contributed by atoms with Gasteiger partial charge in [0.25, 0.3) is 0 Å². The molecule has 0 bridgehead atoms. The van der Waals surface area contributed by atoms with E-state index in [4.69, 9.17) is 5.11 Å². The van der Waals surface area contributed by atoms with Crippen molar-refractivity contribution in [2.24, 2.45) is 0 Å². The average molecular weight is 364 g/mol. The molecule has 5 heteroatoms. The van der Waals surface area contributed by atoms with Crippen molar-refractivity contribution in [3.8, 4) is 0 Å². The summed E-state index contributed by atoms with van der Waals surface area (Å²) < 4.78 is 2.81. The van der Waals surface area contributed by atoms with Gasteiger partial charge in [-0.25, -0.2) is 4.79 Å². The summed E-state index contributed by atoms with van der Waals surface area (Å²) in [5, 5.41) is 9.06. The van der Waals surface area contributed by atoms with E-state index in [1.54, 1.807) is 6.07 Å². The second-order valence-electron chi connectivity index (χ2n) is 4.82. The molecule has 0 saturated carbocycles. The summed E-state index contributed by atoms with van der Waals surface area (Å²) in [6, 6.07) is 2.27. The van der Waals surface area contributed by atoms with Crippen LogP contribution in [0.25, 0.3) is 0 Å². The molecular formula is C13H21IN2O2. The van der Waals surface area contributed by atoms with Gasteiger partial charge in [0.15, 0.2) is 0 Å². The molecule has 0 fully saturated rings. The Morgan fingerprint density at radius 1 is 1.50 bits per heavy atom. The van der Waals surface area contributed by atoms with Crippen LogP contribution in [0.3, 0.4) is 0 Å². The van der Waals surface area contributed by atoms with Gasteiger partial charge < -0.3 is 14.6 Å². The van der Waals surface area contributed by atoms with Gasteiger partial charge in [-0.3, -0.25) is 0 Å². The normalized spacial score (nSPS) is 11.4. The number of halogens is 1. The van der Waals surface area contributed by atoms with Gasteiger partial charge in [-0.05, 0) is 68.9 Å². The molecule has 0 unspecified atom stereocenters. The predicted octanol–water partition coefficient (Wildman–Crippen LogP) is 2.91. The Kier molecular flexibility index (Phi) is 6.14. The summed E-state index contributed by atoms with van der Waals surface area (Å²) in [5.74, 6) is -0.850. The van der Waals surface area contributed by atoms with Gasteiger partial charge in [-0.2, -0.15) is 0 Å². The molecule has 4 nitrogen and oxygen atoms in total. The fourth-order valence-electron chi connectivity index (χ4n) is 1.74. The largest absolute Gasteiger partial charge is 0.477 e. The summed E-state index contributed by atoms with van der Waals surface area (Å²) >= 11 is 2.15. The number of aromatic nitrogens is 1. The van der Waals surface area contributed by atoms with Gasteiger partial charge in [0, 0.05) is 22.4 Å². The van der Waals surface area contributed by atoms with Gasteiger partial charge in [0.2, 0.25) is 0 Å². The van der Waals surface area contributed by atoms with Crippen LogP contribution in [0.15, 0.2) is 12.3 Å². The monoisotopic (exact) mass is 364 g/mol. The maximum atomic E-state index is 11.0. The summed E-state index contributed by atoms with van der Waals surface area (Å²) in [5.41, 5.74) is 0.386. The lowest BCUT2D eigenvalue weighted by molar-refractivity contribution is 0.0685. The number of aromatic carboxylic acids is 1. The minimum Gasteiger partial charge on any atom is -0.477 e. The van der Waals surface area contributed by atoms with Crippen LogP contribution < -0.4 is 0 Å². The van der Waals surface area contributed by atoms with Crippen LogP contribution in [0.2, 0.25) is 0 Å². The zero-order chi connectivity index (χ0) is 13.7. The van der Waals surface area contributed by atoms with E-state index in [9.17, 15) is 4.79 Å². The Morgan fingerprint density at radius 3 is 2.72 bits per heavy atom. The van der Waals surface area contributed by atoms with Crippen molar-refractivity contribution in [2.75, 3.05) is 13.6 Å². The number of carbonyl (C=O) groups is 1. The SMILES string of the molecule is CC(C)N(C)CCCCn1cc(I)cc1C(=O)O. The molecule has 1 rings (SSSR count). The van der Waals surface area contributed by atoms with Crippen molar-refractivity contribution < 1.29 is 9.90 Å². The number of unbranched alkanes of at least 4 members (excludes halogenated alkanes) is 1. The Bertz CT molecular complexity index is 402. The smallest absolute Gasteiger partial charge is 0.352 e. The quantitative estimate of drug-likeness (QED) is 0.598. The third kappa shape index (κ3) is 4.61. The highest BCUT2D eigenvalue weighted by Gasteiger charge is 2.11. The molecular weight excluding hydrogens is 343 g/mol. The van der Waals surface area contributed by atoms with Gasteiger partial charge in [0.05, 0.1) is 0 Å². The first kappa shape index (κ1) is 15.5. The molecule has 0 amide bonds. The molecule has 1 aromatic heterocycles. The van der Waals surface area contributed by atoms with Crippen LogP contribution >= 0.6 is 22.6 Å². The Labute approximate surface area is 122 Å². The highest BCUT2D eigenvalue weighted by atomic mass is 127. The third-order valence-electron chi connectivity index (χ3n) is 3.12. The minimum absolute atomic E-state index is 0.386. The van der Waals surface area contributed by atoms with E-state index in [1.165, 1.54) is 0 Å². The predicted molar refractivity (Wildman–Crippen MR) is 81.1 cm³/mol. The van der Waals surface area contributed by atoms with E-state index in [1.807, 2.05) is 10.8 Å². The van der Waals surface area contributed by atoms with Crippen LogP contribution in [0.4, 0.5) is 0 Å². The first-order chi connectivity index (χ1) is 8.41. The topological polar surface area (TPSA) is 45.5 Å². The van der Waals surface area contributed by atoms with Crippen molar-refractivity contribution in [1.29, 1.82) is 0 Å². The second-order valence-corrected chi connectivity index (χ2v) is 6.07. The molecule has 0 saturated heterocycles. The number of hydrogen-bond acceptors (Lipinski definition) is 2. The Hall–Kier alpha value is -0.560. The molecule has 1 N–H and O–H groups in total. The van der Waals surface area contributed by atoms with E-state index < -0.39 is 5.97 Å². The van der Waals surface area contributed by atoms with E-state index >= 15 is 0 Å². The molecule has 102 valence electrons. The minimum atomic E-state index is -0.850. The van der Waals surface area contributed by atoms with Crippen LogP contribution in [0.5, 0.6) is 0 Å². The van der Waals surface area contributed by atoms with E-state index in [0.717, 1.165) is 29.5 Å². The molecule has 1 aromatic rings. The first-order valence-corrected chi connectivity index (χ1v) is 7.29. The molecule has 18 heavy (non-hydrogen) atoms. The molecule has 0 radical (unpaired) electrons. The molecule has 0 aliphatic rings. The zero-order valence-electron chi connectivity index (χ0n) is 11.2. The summed E-state index contributed by atoms with van der Waals surface area (Å²) in [6.07, 6.45) is 3.99. The van der Waals surface area contributed by atoms with Crippen LogP contribution in [-0.2, 0) is 6.54 Å². The summed E-state index contributed by atoms with van der Waals surface area (Å²) in [6.45, 7) is 6.18. The maximum absolute atomic E-state index is 11.0. The van der Waals surface area contributed by atoms with Gasteiger partial charge >= 0.3 is 5.97 Å². The zero-order valence-corrected chi connectivity index (χ0v) is 13.3. The first-order valence-electron chi connectivity index (χ1n) is 6.21. The lowest BCUT2D eigenvalue weighted by Gasteiger charge is -2.20. The van der Waals surface area contributed by atoms with Crippen molar-refractivity contribution in [1.82, 2.24) is 9.47 Å². The number of nitrogens with zero attached hydrogens (tertiary/aromatic N) is 2. The molecule has 0 aromatic carbocycles. The number of carboxylic acids is 1. The highest BCUT2D eigenvalue weighted by molar-refractivity contribution is 14.1. The average Bonchev–Trinajstić information content (AvgIpc) is 2.65. The molecule has 0 spiro atoms. The Morgan fingerprint density at radius 2 is 2.17 bits per heavy atom. The lowest BCUT2D eigenvalue weighted by Crippen LogP contribution is -2.27. The molecule has 0 aliphatic carbocycles. The Balaban J connectivity index is 2.42. The van der Waals surface area contributed by atoms with Crippen molar-refractivity contribution >= 4 is 28.6 Å². The van der Waals surface area contributed by atoms with E-state index in [0.29, 0.717) is 11.7 Å². The molecule has 0 atom stereocenters. The van der Waals surface area contributed by atoms with Crippen LogP contribution in [-0.4, -0.2) is 40.2 Å². The molecule has 0 aliphatic heterocycles. The lowest BCUT2D eigenvalue weighted by atomic mass is 10.2. The van der Waals surface area contributed by atoms with Crippen molar-refractivity contribution in [3.05, 3.63) is 21.5 Å². The number of aryl methyl sites for hydroxylation is 1.